The third-order valence-corrected chi connectivity index (χ3v) is 4.62. The number of fused-ring (bicyclic) bond motifs is 2. The molecule has 2 aliphatic heterocycles. The third-order valence-electron chi connectivity index (χ3n) is 4.62. The summed E-state index contributed by atoms with van der Waals surface area (Å²) in [5.74, 6) is 0.542. The van der Waals surface area contributed by atoms with Crippen LogP contribution >= 0.6 is 0 Å². The summed E-state index contributed by atoms with van der Waals surface area (Å²) in [6.45, 7) is 0. The summed E-state index contributed by atoms with van der Waals surface area (Å²) in [5, 5.41) is 7.01. The summed E-state index contributed by atoms with van der Waals surface area (Å²) < 4.78 is 1.84. The molecule has 102 valence electrons. The Bertz CT molecular complexity index is 524. The number of aromatic nitrogens is 2. The first kappa shape index (κ1) is 11.5. The van der Waals surface area contributed by atoms with E-state index >= 15 is 0 Å². The van der Waals surface area contributed by atoms with Crippen molar-refractivity contribution in [2.24, 2.45) is 0 Å². The Morgan fingerprint density at radius 1 is 1.21 bits per heavy atom. The summed E-state index contributed by atoms with van der Waals surface area (Å²) in [5.41, 5.74) is 0.0517. The number of piperidine rings is 1. The number of nitrogens with zero attached hydrogens (tertiary/aromatic N) is 2. The smallest absolute Gasteiger partial charge is 0.293 e. The van der Waals surface area contributed by atoms with Crippen LogP contribution in [0.5, 0.6) is 0 Å². The van der Waals surface area contributed by atoms with Crippen LogP contribution in [0, 0.1) is 0 Å². The SMILES string of the molecule is O=c1c(NC2CC3CCC(C2)N3)nccn1C1CC1. The second-order valence-corrected chi connectivity index (χ2v) is 6.17. The Balaban J connectivity index is 1.53. The molecule has 1 aliphatic carbocycles. The van der Waals surface area contributed by atoms with Crippen LogP contribution in [0.25, 0.3) is 0 Å². The topological polar surface area (TPSA) is 59.0 Å². The van der Waals surface area contributed by atoms with Gasteiger partial charge in [0, 0.05) is 36.6 Å². The van der Waals surface area contributed by atoms with Gasteiger partial charge in [0.2, 0.25) is 0 Å². The van der Waals surface area contributed by atoms with E-state index in [1.54, 1.807) is 6.20 Å². The number of rotatable bonds is 3. The van der Waals surface area contributed by atoms with E-state index in [1.807, 2.05) is 10.8 Å². The Labute approximate surface area is 112 Å². The highest BCUT2D eigenvalue weighted by molar-refractivity contribution is 5.33. The maximum absolute atomic E-state index is 12.3. The van der Waals surface area contributed by atoms with Crippen molar-refractivity contribution in [1.29, 1.82) is 0 Å². The van der Waals surface area contributed by atoms with Crippen molar-refractivity contribution in [3.63, 3.8) is 0 Å². The molecule has 1 aromatic heterocycles. The second kappa shape index (κ2) is 4.34. The quantitative estimate of drug-likeness (QED) is 0.859. The van der Waals surface area contributed by atoms with Gasteiger partial charge in [-0.1, -0.05) is 0 Å². The van der Waals surface area contributed by atoms with Crippen LogP contribution in [0.3, 0.4) is 0 Å². The summed E-state index contributed by atoms with van der Waals surface area (Å²) in [4.78, 5) is 16.6. The first-order chi connectivity index (χ1) is 9.29. The lowest BCUT2D eigenvalue weighted by atomic mass is 10.00. The molecule has 2 saturated heterocycles. The summed E-state index contributed by atoms with van der Waals surface area (Å²) in [7, 11) is 0. The lowest BCUT2D eigenvalue weighted by Gasteiger charge is -2.29. The van der Waals surface area contributed by atoms with Crippen LogP contribution in [0.2, 0.25) is 0 Å². The van der Waals surface area contributed by atoms with Crippen molar-refractivity contribution in [2.45, 2.75) is 62.7 Å². The minimum absolute atomic E-state index is 0.0517. The fourth-order valence-corrected chi connectivity index (χ4v) is 3.53. The van der Waals surface area contributed by atoms with Crippen LogP contribution in [-0.4, -0.2) is 27.7 Å². The van der Waals surface area contributed by atoms with E-state index < -0.39 is 0 Å². The molecular formula is C14H20N4O. The van der Waals surface area contributed by atoms with Crippen molar-refractivity contribution < 1.29 is 0 Å². The van der Waals surface area contributed by atoms with Gasteiger partial charge in [-0.3, -0.25) is 4.79 Å². The maximum Gasteiger partial charge on any atom is 0.293 e. The van der Waals surface area contributed by atoms with Crippen molar-refractivity contribution in [2.75, 3.05) is 5.32 Å². The molecular weight excluding hydrogens is 240 g/mol. The predicted octanol–water partition coefficient (Wildman–Crippen LogP) is 1.27. The standard InChI is InChI=1S/C14H20N4O/c19-14-13(15-5-6-18(14)12-3-4-12)17-11-7-9-1-2-10(8-11)16-9/h5-6,9-12,16H,1-4,7-8H2,(H,15,17). The first-order valence-electron chi connectivity index (χ1n) is 7.39. The van der Waals surface area contributed by atoms with Gasteiger partial charge in [0.25, 0.3) is 5.56 Å². The largest absolute Gasteiger partial charge is 0.363 e. The lowest BCUT2D eigenvalue weighted by molar-refractivity contribution is 0.377. The van der Waals surface area contributed by atoms with Crippen LogP contribution < -0.4 is 16.2 Å². The van der Waals surface area contributed by atoms with Gasteiger partial charge in [-0.05, 0) is 38.5 Å². The van der Waals surface area contributed by atoms with Crippen LogP contribution in [0.4, 0.5) is 5.82 Å². The van der Waals surface area contributed by atoms with Crippen molar-refractivity contribution in [3.8, 4) is 0 Å². The van der Waals surface area contributed by atoms with Gasteiger partial charge in [-0.15, -0.1) is 0 Å². The van der Waals surface area contributed by atoms with Gasteiger partial charge >= 0.3 is 0 Å². The van der Waals surface area contributed by atoms with Crippen molar-refractivity contribution in [3.05, 3.63) is 22.7 Å². The molecule has 2 atom stereocenters. The monoisotopic (exact) mass is 260 g/mol. The predicted molar refractivity (Wildman–Crippen MR) is 73.4 cm³/mol. The Morgan fingerprint density at radius 3 is 2.63 bits per heavy atom. The van der Waals surface area contributed by atoms with Gasteiger partial charge in [0.05, 0.1) is 0 Å². The average Bonchev–Trinajstić information content (AvgIpc) is 3.18. The highest BCUT2D eigenvalue weighted by Gasteiger charge is 2.34. The lowest BCUT2D eigenvalue weighted by Crippen LogP contribution is -2.44. The molecule has 2 N–H and O–H groups in total. The zero-order valence-electron chi connectivity index (χ0n) is 11.0. The normalized spacial score (nSPS) is 33.4. The molecule has 19 heavy (non-hydrogen) atoms. The van der Waals surface area contributed by atoms with E-state index in [0.29, 0.717) is 30.0 Å². The molecule has 5 heteroatoms. The minimum Gasteiger partial charge on any atom is -0.363 e. The molecule has 0 amide bonds. The van der Waals surface area contributed by atoms with E-state index in [-0.39, 0.29) is 5.56 Å². The summed E-state index contributed by atoms with van der Waals surface area (Å²) in [6, 6.07) is 2.07. The highest BCUT2D eigenvalue weighted by atomic mass is 16.1. The molecule has 0 aromatic carbocycles. The van der Waals surface area contributed by atoms with Gasteiger partial charge in [0.1, 0.15) is 0 Å². The van der Waals surface area contributed by atoms with Crippen LogP contribution in [-0.2, 0) is 0 Å². The molecule has 3 heterocycles. The van der Waals surface area contributed by atoms with E-state index in [0.717, 1.165) is 25.7 Å². The van der Waals surface area contributed by atoms with E-state index in [4.69, 9.17) is 0 Å². The van der Waals surface area contributed by atoms with Crippen molar-refractivity contribution in [1.82, 2.24) is 14.9 Å². The molecule has 0 radical (unpaired) electrons. The first-order valence-corrected chi connectivity index (χ1v) is 7.39. The molecule has 3 aliphatic rings. The van der Waals surface area contributed by atoms with E-state index in [2.05, 4.69) is 15.6 Å². The van der Waals surface area contributed by atoms with Gasteiger partial charge in [0.15, 0.2) is 5.82 Å². The van der Waals surface area contributed by atoms with Crippen molar-refractivity contribution >= 4 is 5.82 Å². The zero-order chi connectivity index (χ0) is 12.8. The highest BCUT2D eigenvalue weighted by Crippen LogP contribution is 2.33. The zero-order valence-corrected chi connectivity index (χ0v) is 11.0. The number of hydrogen-bond donors (Lipinski definition) is 2. The number of hydrogen-bond acceptors (Lipinski definition) is 4. The molecule has 2 unspecified atom stereocenters. The molecule has 1 aromatic rings. The fraction of sp³-hybridized carbons (Fsp3) is 0.714. The summed E-state index contributed by atoms with van der Waals surface area (Å²) in [6.07, 6.45) is 10.6. The number of nitrogens with one attached hydrogen (secondary N) is 2. The fourth-order valence-electron chi connectivity index (χ4n) is 3.53. The minimum atomic E-state index is 0.0517. The molecule has 3 fully saturated rings. The molecule has 4 rings (SSSR count). The Kier molecular flexibility index (Phi) is 2.62. The second-order valence-electron chi connectivity index (χ2n) is 6.17. The molecule has 5 nitrogen and oxygen atoms in total. The molecule has 0 spiro atoms. The molecule has 1 saturated carbocycles. The Hall–Kier alpha value is -1.36. The maximum atomic E-state index is 12.3. The van der Waals surface area contributed by atoms with E-state index in [9.17, 15) is 4.79 Å². The van der Waals surface area contributed by atoms with Crippen LogP contribution in [0.15, 0.2) is 17.2 Å². The third kappa shape index (κ3) is 2.16. The molecule has 2 bridgehead atoms. The van der Waals surface area contributed by atoms with Crippen LogP contribution in [0.1, 0.15) is 44.6 Å². The Morgan fingerprint density at radius 2 is 1.95 bits per heavy atom. The summed E-state index contributed by atoms with van der Waals surface area (Å²) >= 11 is 0. The van der Waals surface area contributed by atoms with Gasteiger partial charge in [-0.25, -0.2) is 4.98 Å². The van der Waals surface area contributed by atoms with Gasteiger partial charge < -0.3 is 15.2 Å². The average molecular weight is 260 g/mol. The number of anilines is 1. The van der Waals surface area contributed by atoms with Gasteiger partial charge in [-0.2, -0.15) is 0 Å². The van der Waals surface area contributed by atoms with E-state index in [1.165, 1.54) is 12.8 Å².